The zero-order valence-electron chi connectivity index (χ0n) is 8.45. The van der Waals surface area contributed by atoms with Crippen molar-refractivity contribution in [2.45, 2.75) is 18.8 Å². The Balaban J connectivity index is 0.000000288. The van der Waals surface area contributed by atoms with Crippen molar-refractivity contribution in [2.24, 2.45) is 0 Å². The van der Waals surface area contributed by atoms with Crippen LogP contribution in [0.25, 0.3) is 0 Å². The Morgan fingerprint density at radius 3 is 1.81 bits per heavy atom. The maximum atomic E-state index is 9.71. The average molecular weight is 230 g/mol. The molecule has 0 unspecified atom stereocenters. The van der Waals surface area contributed by atoms with Crippen LogP contribution in [0.5, 0.6) is 5.75 Å². The van der Waals surface area contributed by atoms with Crippen molar-refractivity contribution >= 4 is 5.97 Å². The molecule has 0 atom stereocenters. The summed E-state index contributed by atoms with van der Waals surface area (Å²) in [4.78, 5) is 9.71. The van der Waals surface area contributed by atoms with Gasteiger partial charge in [0.25, 0.3) is 5.97 Å². The predicted octanol–water partition coefficient (Wildman–Crippen LogP) is -0.126. The van der Waals surface area contributed by atoms with Crippen LogP contribution in [0.2, 0.25) is 0 Å². The van der Waals surface area contributed by atoms with Gasteiger partial charge in [0.2, 0.25) is 0 Å². The van der Waals surface area contributed by atoms with E-state index >= 15 is 0 Å². The quantitative estimate of drug-likeness (QED) is 0.462. The number of aliphatic carboxylic acids is 1. The number of hydrogen-bond acceptors (Lipinski definition) is 5. The number of aromatic hydroxyl groups is 1. The predicted molar refractivity (Wildman–Crippen MR) is 54.4 cm³/mol. The number of phenols is 1. The summed E-state index contributed by atoms with van der Waals surface area (Å²) in [5.74, 6) is -3.71. The minimum atomic E-state index is -2.85. The molecule has 0 aliphatic heterocycles. The van der Waals surface area contributed by atoms with E-state index in [1.165, 1.54) is 0 Å². The molecule has 5 N–H and O–H groups in total. The Morgan fingerprint density at radius 1 is 1.12 bits per heavy atom. The fraction of sp³-hybridized carbons (Fsp3) is 0.300. The minimum absolute atomic E-state index is 0.322. The third-order valence-electron chi connectivity index (χ3n) is 1.43. The summed E-state index contributed by atoms with van der Waals surface area (Å²) in [6.07, 6.45) is -1.05. The maximum Gasteiger partial charge on any atom is 0.303 e. The van der Waals surface area contributed by atoms with Gasteiger partial charge in [0, 0.05) is 6.42 Å². The lowest BCUT2D eigenvalue weighted by Gasteiger charge is -2.10. The molecule has 0 saturated carbocycles. The van der Waals surface area contributed by atoms with Crippen molar-refractivity contribution in [3.8, 4) is 5.75 Å². The molecule has 0 amide bonds. The largest absolute Gasteiger partial charge is 0.508 e. The van der Waals surface area contributed by atoms with E-state index in [-0.39, 0.29) is 0 Å². The molecule has 1 rings (SSSR count). The fourth-order valence-corrected chi connectivity index (χ4v) is 0.703. The Hall–Kier alpha value is -1.63. The van der Waals surface area contributed by atoms with Crippen LogP contribution >= 0.6 is 0 Å². The normalized spacial score (nSPS) is 10.2. The number of benzene rings is 1. The Morgan fingerprint density at radius 2 is 1.62 bits per heavy atom. The van der Waals surface area contributed by atoms with Crippen molar-refractivity contribution < 1.29 is 30.3 Å². The molecule has 0 heterocycles. The topological polar surface area (TPSA) is 118 Å². The number of aliphatic hydroxyl groups is 3. The molecule has 6 heteroatoms. The highest BCUT2D eigenvalue weighted by molar-refractivity contribution is 5.66. The molecule has 0 aliphatic rings. The van der Waals surface area contributed by atoms with Crippen LogP contribution in [-0.4, -0.2) is 37.5 Å². The number of phenolic OH excluding ortho intramolecular Hbond substituents is 1. The molecule has 16 heavy (non-hydrogen) atoms. The van der Waals surface area contributed by atoms with Crippen LogP contribution in [0.1, 0.15) is 12.8 Å². The second-order valence-corrected chi connectivity index (χ2v) is 3.00. The van der Waals surface area contributed by atoms with Crippen molar-refractivity contribution in [2.75, 3.05) is 0 Å². The van der Waals surface area contributed by atoms with Gasteiger partial charge in [-0.3, -0.25) is 4.79 Å². The molecule has 0 saturated heterocycles. The van der Waals surface area contributed by atoms with Crippen molar-refractivity contribution in [3.05, 3.63) is 30.3 Å². The van der Waals surface area contributed by atoms with Crippen LogP contribution in [0, 0.1) is 0 Å². The van der Waals surface area contributed by atoms with Gasteiger partial charge >= 0.3 is 5.97 Å². The zero-order chi connectivity index (χ0) is 12.6. The highest BCUT2D eigenvalue weighted by Gasteiger charge is 2.18. The minimum Gasteiger partial charge on any atom is -0.508 e. The van der Waals surface area contributed by atoms with E-state index in [1.807, 2.05) is 6.07 Å². The highest BCUT2D eigenvalue weighted by atomic mass is 16.7. The van der Waals surface area contributed by atoms with Crippen LogP contribution in [0.15, 0.2) is 30.3 Å². The number of carboxylic acids is 1. The fourth-order valence-electron chi connectivity index (χ4n) is 0.703. The standard InChI is InChI=1S/C6H6O.C4H8O5/c7-6-4-2-1-3-5-6;5-3(6)1-2-4(7,8)9/h1-5,7H;7-9H,1-2H2,(H,5,6). The first-order chi connectivity index (χ1) is 7.31. The van der Waals surface area contributed by atoms with Gasteiger partial charge in [-0.05, 0) is 12.1 Å². The number of carboxylic acid groups (broad SMARTS) is 1. The van der Waals surface area contributed by atoms with Crippen LogP contribution in [0.4, 0.5) is 0 Å². The first-order valence-electron chi connectivity index (χ1n) is 4.44. The Bertz CT molecular complexity index is 303. The van der Waals surface area contributed by atoms with E-state index in [2.05, 4.69) is 0 Å². The Labute approximate surface area is 92.0 Å². The van der Waals surface area contributed by atoms with Crippen LogP contribution in [-0.2, 0) is 4.79 Å². The molecule has 0 spiro atoms. The summed E-state index contributed by atoms with van der Waals surface area (Å²) >= 11 is 0. The lowest BCUT2D eigenvalue weighted by atomic mass is 10.3. The van der Waals surface area contributed by atoms with E-state index in [0.717, 1.165) is 0 Å². The van der Waals surface area contributed by atoms with Crippen LogP contribution in [0.3, 0.4) is 0 Å². The van der Waals surface area contributed by atoms with Gasteiger partial charge < -0.3 is 25.5 Å². The summed E-state index contributed by atoms with van der Waals surface area (Å²) in [6, 6.07) is 8.71. The van der Waals surface area contributed by atoms with Gasteiger partial charge in [-0.15, -0.1) is 0 Å². The highest BCUT2D eigenvalue weighted by Crippen LogP contribution is 2.03. The molecular formula is C10H14O6. The van der Waals surface area contributed by atoms with Crippen molar-refractivity contribution in [3.63, 3.8) is 0 Å². The summed E-state index contributed by atoms with van der Waals surface area (Å²) < 4.78 is 0. The van der Waals surface area contributed by atoms with E-state index < -0.39 is 24.8 Å². The maximum absolute atomic E-state index is 9.71. The Kier molecular flexibility index (Phi) is 6.09. The lowest BCUT2D eigenvalue weighted by Crippen LogP contribution is -2.27. The number of carbonyl (C=O) groups is 1. The zero-order valence-corrected chi connectivity index (χ0v) is 8.45. The first-order valence-corrected chi connectivity index (χ1v) is 4.44. The summed E-state index contributed by atoms with van der Waals surface area (Å²) in [6.45, 7) is 0. The third kappa shape index (κ3) is 10.5. The third-order valence-corrected chi connectivity index (χ3v) is 1.43. The van der Waals surface area contributed by atoms with Gasteiger partial charge in [0.15, 0.2) is 0 Å². The first kappa shape index (κ1) is 14.4. The second-order valence-electron chi connectivity index (χ2n) is 3.00. The van der Waals surface area contributed by atoms with Crippen molar-refractivity contribution in [1.82, 2.24) is 0 Å². The van der Waals surface area contributed by atoms with Gasteiger partial charge in [0.1, 0.15) is 5.75 Å². The number of hydrogen-bond donors (Lipinski definition) is 5. The van der Waals surface area contributed by atoms with E-state index in [0.29, 0.717) is 5.75 Å². The van der Waals surface area contributed by atoms with E-state index in [9.17, 15) is 4.79 Å². The number of para-hydroxylation sites is 1. The second kappa shape index (κ2) is 6.78. The molecule has 1 aromatic carbocycles. The van der Waals surface area contributed by atoms with E-state index in [4.69, 9.17) is 25.5 Å². The molecule has 0 bridgehead atoms. The van der Waals surface area contributed by atoms with Crippen molar-refractivity contribution in [1.29, 1.82) is 0 Å². The van der Waals surface area contributed by atoms with Gasteiger partial charge in [-0.25, -0.2) is 0 Å². The lowest BCUT2D eigenvalue weighted by molar-refractivity contribution is -0.314. The van der Waals surface area contributed by atoms with E-state index in [1.54, 1.807) is 24.3 Å². The number of rotatable bonds is 3. The molecule has 6 nitrogen and oxygen atoms in total. The molecule has 0 aliphatic carbocycles. The molecule has 90 valence electrons. The SMILES string of the molecule is O=C(O)CCC(O)(O)O.Oc1ccccc1. The molecule has 0 aromatic heterocycles. The molecule has 1 aromatic rings. The summed E-state index contributed by atoms with van der Waals surface area (Å²) in [7, 11) is 0. The van der Waals surface area contributed by atoms with Gasteiger partial charge in [-0.2, -0.15) is 0 Å². The average Bonchev–Trinajstić information content (AvgIpc) is 2.16. The molecule has 0 fully saturated rings. The summed E-state index contributed by atoms with van der Waals surface area (Å²) in [5.41, 5.74) is 0. The smallest absolute Gasteiger partial charge is 0.303 e. The molecule has 0 radical (unpaired) electrons. The summed E-state index contributed by atoms with van der Waals surface area (Å²) in [5, 5.41) is 40.9. The van der Waals surface area contributed by atoms with Gasteiger partial charge in [-0.1, -0.05) is 18.2 Å². The molecular weight excluding hydrogens is 216 g/mol. The van der Waals surface area contributed by atoms with Gasteiger partial charge in [0.05, 0.1) is 6.42 Å². The monoisotopic (exact) mass is 230 g/mol. The van der Waals surface area contributed by atoms with Crippen LogP contribution < -0.4 is 0 Å².